The number of benzene rings is 1. The van der Waals surface area contributed by atoms with Crippen LogP contribution in [0.4, 0.5) is 0 Å². The zero-order valence-electron chi connectivity index (χ0n) is 13.6. The van der Waals surface area contributed by atoms with E-state index < -0.39 is 0 Å². The van der Waals surface area contributed by atoms with Crippen LogP contribution in [-0.2, 0) is 13.2 Å². The predicted molar refractivity (Wildman–Crippen MR) is 98.1 cm³/mol. The molecule has 0 radical (unpaired) electrons. The molecule has 0 aliphatic rings. The molecule has 130 valence electrons. The van der Waals surface area contributed by atoms with Gasteiger partial charge in [-0.2, -0.15) is 5.10 Å². The second-order valence-corrected chi connectivity index (χ2v) is 6.24. The van der Waals surface area contributed by atoms with E-state index in [-0.39, 0.29) is 6.61 Å². The third-order valence-electron chi connectivity index (χ3n) is 3.70. The van der Waals surface area contributed by atoms with Crippen molar-refractivity contribution in [2.75, 3.05) is 6.61 Å². The molecule has 7 heteroatoms. The Morgan fingerprint density at radius 2 is 2.04 bits per heavy atom. The quantitative estimate of drug-likeness (QED) is 0.699. The lowest BCUT2D eigenvalue weighted by Crippen LogP contribution is -2.07. The van der Waals surface area contributed by atoms with E-state index in [0.717, 1.165) is 16.7 Å². The van der Waals surface area contributed by atoms with Crippen LogP contribution in [0.15, 0.2) is 42.7 Å². The number of aromatic nitrogens is 3. The molecule has 0 saturated heterocycles. The number of hydrogen-bond donors (Lipinski definition) is 1. The number of aliphatic hydroxyl groups is 1. The van der Waals surface area contributed by atoms with Crippen LogP contribution in [0.5, 0.6) is 5.88 Å². The second kappa shape index (κ2) is 7.87. The molecular formula is C18H17Cl2N3O2. The molecular weight excluding hydrogens is 361 g/mol. The summed E-state index contributed by atoms with van der Waals surface area (Å²) in [4.78, 5) is 4.43. The van der Waals surface area contributed by atoms with Crippen LogP contribution in [0.1, 0.15) is 18.2 Å². The number of hydrogen-bond acceptors (Lipinski definition) is 4. The van der Waals surface area contributed by atoms with Crippen molar-refractivity contribution in [3.8, 4) is 17.0 Å². The van der Waals surface area contributed by atoms with Crippen LogP contribution < -0.4 is 4.74 Å². The number of aliphatic hydroxyl groups excluding tert-OH is 1. The van der Waals surface area contributed by atoms with Crippen LogP contribution in [0.3, 0.4) is 0 Å². The monoisotopic (exact) mass is 377 g/mol. The van der Waals surface area contributed by atoms with E-state index in [0.29, 0.717) is 34.8 Å². The number of ether oxygens (including phenoxy) is 1. The number of pyridine rings is 1. The van der Waals surface area contributed by atoms with Crippen LogP contribution in [0.25, 0.3) is 11.1 Å². The molecule has 0 saturated carbocycles. The third-order valence-corrected chi connectivity index (χ3v) is 4.26. The lowest BCUT2D eigenvalue weighted by Gasteiger charge is -2.12. The van der Waals surface area contributed by atoms with E-state index in [1.807, 2.05) is 37.3 Å². The fourth-order valence-corrected chi connectivity index (χ4v) is 2.94. The minimum Gasteiger partial charge on any atom is -0.478 e. The maximum absolute atomic E-state index is 9.45. The molecule has 5 nitrogen and oxygen atoms in total. The van der Waals surface area contributed by atoms with E-state index in [4.69, 9.17) is 27.9 Å². The molecule has 0 spiro atoms. The van der Waals surface area contributed by atoms with Gasteiger partial charge in [-0.25, -0.2) is 4.98 Å². The molecule has 2 heterocycles. The van der Waals surface area contributed by atoms with Crippen molar-refractivity contribution < 1.29 is 9.84 Å². The van der Waals surface area contributed by atoms with Crippen LogP contribution in [0.2, 0.25) is 10.0 Å². The first kappa shape index (κ1) is 17.7. The molecule has 0 aliphatic carbocycles. The molecule has 3 aromatic rings. The number of halogens is 2. The Balaban J connectivity index is 2.00. The fourth-order valence-electron chi connectivity index (χ4n) is 2.55. The highest BCUT2D eigenvalue weighted by Crippen LogP contribution is 2.31. The Morgan fingerprint density at radius 1 is 1.20 bits per heavy atom. The third kappa shape index (κ3) is 3.95. The van der Waals surface area contributed by atoms with Crippen molar-refractivity contribution in [1.82, 2.24) is 14.8 Å². The van der Waals surface area contributed by atoms with E-state index in [9.17, 15) is 5.11 Å². The average molecular weight is 378 g/mol. The maximum Gasteiger partial charge on any atom is 0.221 e. The van der Waals surface area contributed by atoms with Gasteiger partial charge in [-0.05, 0) is 36.2 Å². The van der Waals surface area contributed by atoms with Gasteiger partial charge in [0.15, 0.2) is 0 Å². The molecule has 0 amide bonds. The Labute approximate surface area is 155 Å². The second-order valence-electron chi connectivity index (χ2n) is 5.39. The molecule has 0 unspecified atom stereocenters. The largest absolute Gasteiger partial charge is 0.478 e. The molecule has 25 heavy (non-hydrogen) atoms. The van der Waals surface area contributed by atoms with E-state index in [1.54, 1.807) is 10.9 Å². The van der Waals surface area contributed by atoms with Gasteiger partial charge in [0.05, 0.1) is 36.7 Å². The molecule has 1 N–H and O–H groups in total. The molecule has 1 aromatic carbocycles. The molecule has 0 fully saturated rings. The van der Waals surface area contributed by atoms with Gasteiger partial charge in [0.2, 0.25) is 5.88 Å². The summed E-state index contributed by atoms with van der Waals surface area (Å²) in [5.41, 5.74) is 3.25. The molecule has 3 rings (SSSR count). The molecule has 2 aromatic heterocycles. The van der Waals surface area contributed by atoms with Crippen molar-refractivity contribution in [3.05, 3.63) is 64.0 Å². The first-order valence-corrected chi connectivity index (χ1v) is 8.56. The fraction of sp³-hybridized carbons (Fsp3) is 0.222. The standard InChI is InChI=1S/C18H17Cl2N3O2/c1-2-25-18-15(13-4-3-5-14(19)7-13)6-12(8-21-18)10-23-17(11-24)16(20)9-22-23/h3-9,24H,2,10-11H2,1H3. The van der Waals surface area contributed by atoms with Crippen LogP contribution >= 0.6 is 23.2 Å². The van der Waals surface area contributed by atoms with E-state index in [1.165, 1.54) is 6.20 Å². The Kier molecular flexibility index (Phi) is 5.58. The Morgan fingerprint density at radius 3 is 2.76 bits per heavy atom. The van der Waals surface area contributed by atoms with Crippen molar-refractivity contribution in [1.29, 1.82) is 0 Å². The summed E-state index contributed by atoms with van der Waals surface area (Å²) in [6.07, 6.45) is 3.25. The minimum atomic E-state index is -0.176. The first-order chi connectivity index (χ1) is 12.1. The highest BCUT2D eigenvalue weighted by Gasteiger charge is 2.13. The van der Waals surface area contributed by atoms with E-state index in [2.05, 4.69) is 10.1 Å². The zero-order chi connectivity index (χ0) is 17.8. The summed E-state index contributed by atoms with van der Waals surface area (Å²) in [5, 5.41) is 14.7. The normalized spacial score (nSPS) is 10.9. The highest BCUT2D eigenvalue weighted by molar-refractivity contribution is 6.31. The van der Waals surface area contributed by atoms with Gasteiger partial charge in [-0.15, -0.1) is 0 Å². The van der Waals surface area contributed by atoms with Gasteiger partial charge >= 0.3 is 0 Å². The smallest absolute Gasteiger partial charge is 0.221 e. The number of nitrogens with zero attached hydrogens (tertiary/aromatic N) is 3. The van der Waals surface area contributed by atoms with Crippen molar-refractivity contribution >= 4 is 23.2 Å². The molecule has 0 bridgehead atoms. The summed E-state index contributed by atoms with van der Waals surface area (Å²) >= 11 is 12.1. The summed E-state index contributed by atoms with van der Waals surface area (Å²) in [6.45, 7) is 2.69. The summed E-state index contributed by atoms with van der Waals surface area (Å²) in [6, 6.07) is 9.52. The average Bonchev–Trinajstić information content (AvgIpc) is 2.96. The predicted octanol–water partition coefficient (Wildman–Crippen LogP) is 4.19. The van der Waals surface area contributed by atoms with Crippen molar-refractivity contribution in [3.63, 3.8) is 0 Å². The Hall–Kier alpha value is -2.08. The zero-order valence-corrected chi connectivity index (χ0v) is 15.1. The first-order valence-electron chi connectivity index (χ1n) is 7.81. The summed E-state index contributed by atoms with van der Waals surface area (Å²) < 4.78 is 7.30. The van der Waals surface area contributed by atoms with Crippen molar-refractivity contribution in [2.24, 2.45) is 0 Å². The van der Waals surface area contributed by atoms with Crippen LogP contribution in [0, 0.1) is 0 Å². The van der Waals surface area contributed by atoms with Gasteiger partial charge < -0.3 is 9.84 Å². The highest BCUT2D eigenvalue weighted by atomic mass is 35.5. The van der Waals surface area contributed by atoms with Crippen molar-refractivity contribution in [2.45, 2.75) is 20.1 Å². The van der Waals surface area contributed by atoms with E-state index >= 15 is 0 Å². The summed E-state index contributed by atoms with van der Waals surface area (Å²) in [7, 11) is 0. The van der Waals surface area contributed by atoms with Crippen LogP contribution in [-0.4, -0.2) is 26.5 Å². The maximum atomic E-state index is 9.45. The molecule has 0 aliphatic heterocycles. The topological polar surface area (TPSA) is 60.2 Å². The minimum absolute atomic E-state index is 0.176. The van der Waals surface area contributed by atoms with Gasteiger partial charge in [0, 0.05) is 16.8 Å². The lowest BCUT2D eigenvalue weighted by molar-refractivity contribution is 0.269. The van der Waals surface area contributed by atoms with Gasteiger partial charge in [0.25, 0.3) is 0 Å². The van der Waals surface area contributed by atoms with Gasteiger partial charge in [-0.1, -0.05) is 35.3 Å². The molecule has 0 atom stereocenters. The summed E-state index contributed by atoms with van der Waals surface area (Å²) in [5.74, 6) is 0.550. The SMILES string of the molecule is CCOc1ncc(Cn2ncc(Cl)c2CO)cc1-c1cccc(Cl)c1. The lowest BCUT2D eigenvalue weighted by atomic mass is 10.1. The number of rotatable bonds is 6. The Bertz CT molecular complexity index is 881. The van der Waals surface area contributed by atoms with Gasteiger partial charge in [-0.3, -0.25) is 4.68 Å². The van der Waals surface area contributed by atoms with Gasteiger partial charge in [0.1, 0.15) is 0 Å².